The average Bonchev–Trinajstić information content (AvgIpc) is 3.37. The Morgan fingerprint density at radius 1 is 0.441 bits per heavy atom. The predicted molar refractivity (Wildman–Crippen MR) is 266 cm³/mol. The number of benzene rings is 7. The SMILES string of the molecule is C#Cc1ccc(C(=O)OC)cc1.COC(=O)c1ccc(C#Cc2ccc(-c3ccc(C#Cc4ccc(C(=O)OC)cc4)cc3[N+](=O)[O-])cc2)cc1.O=[N+]([O-])c1cc(Br)ccc1-c1ccc(Br)cc1. The summed E-state index contributed by atoms with van der Waals surface area (Å²) < 4.78 is 15.5. The Bertz CT molecular complexity index is 3140. The molecular formula is C54H36Br2N2O10. The van der Waals surface area contributed by atoms with E-state index >= 15 is 0 Å². The number of terminal acetylenes is 1. The Balaban J connectivity index is 0.000000242. The largest absolute Gasteiger partial charge is 0.465 e. The lowest BCUT2D eigenvalue weighted by Crippen LogP contribution is -2.00. The minimum absolute atomic E-state index is 0.0626. The molecule has 0 bridgehead atoms. The highest BCUT2D eigenvalue weighted by Crippen LogP contribution is 2.33. The van der Waals surface area contributed by atoms with Crippen LogP contribution in [0.1, 0.15) is 58.9 Å². The van der Waals surface area contributed by atoms with E-state index in [1.54, 1.807) is 121 Å². The molecule has 0 unspecified atom stereocenters. The van der Waals surface area contributed by atoms with E-state index in [0.29, 0.717) is 49.0 Å². The maximum absolute atomic E-state index is 11.8. The number of nitro groups is 2. The number of halogens is 2. The van der Waals surface area contributed by atoms with E-state index < -0.39 is 16.9 Å². The van der Waals surface area contributed by atoms with Crippen molar-refractivity contribution in [2.75, 3.05) is 21.3 Å². The van der Waals surface area contributed by atoms with Gasteiger partial charge in [-0.1, -0.05) is 85.7 Å². The quantitative estimate of drug-likeness (QED) is 0.0493. The molecule has 14 heteroatoms. The molecule has 0 aliphatic rings. The standard InChI is InChI=1S/C32H21NO6.C12H7Br2NO2.C10H8O2/c1-38-31(34)27-16-9-23(10-17-27)4-3-22-7-14-26(15-8-22)29-20-13-25(21-30(29)33(36)37)6-5-24-11-18-28(19-12-24)32(35)39-2;13-9-3-1-8(2-4-9)11-6-5-10(14)7-12(11)15(16)17;1-3-8-4-6-9(7-5-8)10(11)12-2/h7-21H,1-2H3;1-7H;1,4-7H,2H3. The number of hydrogen-bond acceptors (Lipinski definition) is 10. The number of carbonyl (C=O) groups is 3. The molecule has 0 aliphatic carbocycles. The fourth-order valence-electron chi connectivity index (χ4n) is 5.99. The third-order valence-corrected chi connectivity index (χ3v) is 10.5. The van der Waals surface area contributed by atoms with Gasteiger partial charge < -0.3 is 14.2 Å². The first-order chi connectivity index (χ1) is 32.7. The number of esters is 3. The Labute approximate surface area is 408 Å². The predicted octanol–water partition coefficient (Wildman–Crippen LogP) is 11.9. The highest BCUT2D eigenvalue weighted by Gasteiger charge is 2.17. The second-order valence-electron chi connectivity index (χ2n) is 13.8. The molecule has 68 heavy (non-hydrogen) atoms. The molecular weight excluding hydrogens is 996 g/mol. The molecule has 0 aliphatic heterocycles. The summed E-state index contributed by atoms with van der Waals surface area (Å²) in [4.78, 5) is 56.1. The van der Waals surface area contributed by atoms with Crippen molar-refractivity contribution < 1.29 is 38.4 Å². The van der Waals surface area contributed by atoms with Crippen LogP contribution in [-0.4, -0.2) is 49.1 Å². The monoisotopic (exact) mass is 1030 g/mol. The van der Waals surface area contributed by atoms with E-state index in [4.69, 9.17) is 6.42 Å². The number of nitro benzene ring substituents is 2. The molecule has 0 radical (unpaired) electrons. The normalized spacial score (nSPS) is 9.71. The van der Waals surface area contributed by atoms with Crippen molar-refractivity contribution in [3.63, 3.8) is 0 Å². The lowest BCUT2D eigenvalue weighted by molar-refractivity contribution is -0.384. The van der Waals surface area contributed by atoms with Crippen LogP contribution in [0.5, 0.6) is 0 Å². The van der Waals surface area contributed by atoms with E-state index in [0.717, 1.165) is 26.7 Å². The van der Waals surface area contributed by atoms with Gasteiger partial charge in [-0.3, -0.25) is 20.2 Å². The zero-order valence-corrected chi connectivity index (χ0v) is 39.5. The van der Waals surface area contributed by atoms with Gasteiger partial charge in [-0.25, -0.2) is 14.4 Å². The lowest BCUT2D eigenvalue weighted by Gasteiger charge is -2.04. The summed E-state index contributed by atoms with van der Waals surface area (Å²) in [6.07, 6.45) is 5.14. The van der Waals surface area contributed by atoms with Crippen LogP contribution in [0.3, 0.4) is 0 Å². The van der Waals surface area contributed by atoms with Crippen LogP contribution >= 0.6 is 31.9 Å². The fourth-order valence-corrected chi connectivity index (χ4v) is 6.60. The second kappa shape index (κ2) is 24.6. The van der Waals surface area contributed by atoms with E-state index in [1.165, 1.54) is 33.5 Å². The van der Waals surface area contributed by atoms with Gasteiger partial charge in [0.25, 0.3) is 11.4 Å². The molecule has 7 rings (SSSR count). The maximum atomic E-state index is 11.8. The van der Waals surface area contributed by atoms with E-state index in [-0.39, 0.29) is 22.3 Å². The Morgan fingerprint density at radius 3 is 1.13 bits per heavy atom. The van der Waals surface area contributed by atoms with Crippen molar-refractivity contribution in [3.8, 4) is 58.3 Å². The molecule has 0 saturated carbocycles. The number of carbonyl (C=O) groups excluding carboxylic acids is 3. The molecule has 0 N–H and O–H groups in total. The molecule has 0 heterocycles. The third kappa shape index (κ3) is 14.2. The van der Waals surface area contributed by atoms with Gasteiger partial charge in [0, 0.05) is 48.9 Å². The molecule has 0 spiro atoms. The van der Waals surface area contributed by atoms with Crippen LogP contribution in [0.4, 0.5) is 11.4 Å². The van der Waals surface area contributed by atoms with Gasteiger partial charge in [0.05, 0.1) is 59.0 Å². The average molecular weight is 1030 g/mol. The first-order valence-electron chi connectivity index (χ1n) is 19.9. The number of hydrogen-bond donors (Lipinski definition) is 0. The lowest BCUT2D eigenvalue weighted by atomic mass is 10.00. The van der Waals surface area contributed by atoms with E-state index in [1.807, 2.05) is 24.3 Å². The topological polar surface area (TPSA) is 165 Å². The molecule has 0 atom stereocenters. The van der Waals surface area contributed by atoms with Crippen LogP contribution in [0.2, 0.25) is 0 Å². The minimum Gasteiger partial charge on any atom is -0.465 e. The Hall–Kier alpha value is -8.61. The molecule has 336 valence electrons. The van der Waals surface area contributed by atoms with Crippen molar-refractivity contribution in [2.24, 2.45) is 0 Å². The smallest absolute Gasteiger partial charge is 0.337 e. The third-order valence-electron chi connectivity index (χ3n) is 9.49. The highest BCUT2D eigenvalue weighted by atomic mass is 79.9. The van der Waals surface area contributed by atoms with Crippen LogP contribution < -0.4 is 0 Å². The Morgan fingerprint density at radius 2 is 0.750 bits per heavy atom. The van der Waals surface area contributed by atoms with Crippen molar-refractivity contribution in [3.05, 3.63) is 231 Å². The van der Waals surface area contributed by atoms with Gasteiger partial charge in [0.1, 0.15) is 0 Å². The van der Waals surface area contributed by atoms with Crippen LogP contribution in [-0.2, 0) is 14.2 Å². The Kier molecular flexibility index (Phi) is 18.2. The van der Waals surface area contributed by atoms with Gasteiger partial charge in [0.15, 0.2) is 0 Å². The van der Waals surface area contributed by atoms with Crippen molar-refractivity contribution in [2.45, 2.75) is 0 Å². The summed E-state index contributed by atoms with van der Waals surface area (Å²) in [5, 5.41) is 22.8. The molecule has 12 nitrogen and oxygen atoms in total. The van der Waals surface area contributed by atoms with Crippen LogP contribution in [0, 0.1) is 56.3 Å². The van der Waals surface area contributed by atoms with Crippen molar-refractivity contribution >= 4 is 61.1 Å². The summed E-state index contributed by atoms with van der Waals surface area (Å²) in [6, 6.07) is 44.5. The zero-order chi connectivity index (χ0) is 49.2. The van der Waals surface area contributed by atoms with Crippen molar-refractivity contribution in [1.29, 1.82) is 0 Å². The molecule has 0 fully saturated rings. The number of rotatable bonds is 7. The molecule has 7 aromatic rings. The number of nitrogens with zero attached hydrogens (tertiary/aromatic N) is 2. The summed E-state index contributed by atoms with van der Waals surface area (Å²) in [5.41, 5.74) is 7.35. The van der Waals surface area contributed by atoms with Gasteiger partial charge in [-0.2, -0.15) is 0 Å². The first kappa shape index (κ1) is 50.4. The highest BCUT2D eigenvalue weighted by molar-refractivity contribution is 9.10. The zero-order valence-electron chi connectivity index (χ0n) is 36.3. The maximum Gasteiger partial charge on any atom is 0.337 e. The second-order valence-corrected chi connectivity index (χ2v) is 15.7. The first-order valence-corrected chi connectivity index (χ1v) is 21.5. The fraction of sp³-hybridized carbons (Fsp3) is 0.0556. The summed E-state index contributed by atoms with van der Waals surface area (Å²) in [5.74, 6) is 13.2. The summed E-state index contributed by atoms with van der Waals surface area (Å²) >= 11 is 6.57. The summed E-state index contributed by atoms with van der Waals surface area (Å²) in [7, 11) is 3.98. The molecule has 0 aromatic heterocycles. The van der Waals surface area contributed by atoms with E-state index in [9.17, 15) is 34.6 Å². The van der Waals surface area contributed by atoms with Gasteiger partial charge in [-0.05, 0) is 132 Å². The van der Waals surface area contributed by atoms with Gasteiger partial charge >= 0.3 is 17.9 Å². The van der Waals surface area contributed by atoms with Gasteiger partial charge in [-0.15, -0.1) is 6.42 Å². The van der Waals surface area contributed by atoms with Crippen molar-refractivity contribution in [1.82, 2.24) is 0 Å². The molecule has 0 amide bonds. The number of methoxy groups -OCH3 is 3. The summed E-state index contributed by atoms with van der Waals surface area (Å²) in [6.45, 7) is 0. The van der Waals surface area contributed by atoms with E-state index in [2.05, 4.69) is 75.7 Å². The number of ether oxygens (including phenoxy) is 3. The van der Waals surface area contributed by atoms with Gasteiger partial charge in [0.2, 0.25) is 0 Å². The minimum atomic E-state index is -0.437. The molecule has 0 saturated heterocycles. The van der Waals surface area contributed by atoms with Crippen LogP contribution in [0.15, 0.2) is 167 Å². The van der Waals surface area contributed by atoms with Crippen LogP contribution in [0.25, 0.3) is 22.3 Å². The molecule has 7 aromatic carbocycles.